The van der Waals surface area contributed by atoms with Crippen LogP contribution >= 0.6 is 0 Å². The lowest BCUT2D eigenvalue weighted by atomic mass is 9.78. The van der Waals surface area contributed by atoms with E-state index in [1.807, 2.05) is 149 Å². The van der Waals surface area contributed by atoms with Gasteiger partial charge in [-0.2, -0.15) is 0 Å². The smallest absolute Gasteiger partial charge is 0.217 e. The van der Waals surface area contributed by atoms with Gasteiger partial charge in [-0.3, -0.25) is 19.2 Å². The van der Waals surface area contributed by atoms with E-state index in [4.69, 9.17) is 71.1 Å². The first kappa shape index (κ1) is 82.6. The molecule has 4 amide bonds. The molecule has 0 aromatic heterocycles. The number of carbonyl (C=O) groups is 4. The van der Waals surface area contributed by atoms with Crippen molar-refractivity contribution in [2.75, 3.05) is 13.2 Å². The SMILES string of the molecule is CCC1O[C@@H](O[C@@H]2C(CC)O[C@@H](O[C@@H]3C(COCc4ccccc4)O[C@@H](O[C@@H]4C(CO[C@@H]5O[C@@H](C)[C@@H](C)C(C)C5C)O[C@@H](C)C(NC(C)=O)[C@@H]4OCc4ccccc4)C(NC(C)=O)C3OCc3ccccc3)C(NC(C)=O)[C@H]2C)C(NC(C)=O)C(OCc2ccccc2)[C@@H]1O[C@@H]1OC(CC)[C@@H](C)[C@H](C)C1C. The minimum atomic E-state index is -1.38. The molecule has 4 N–H and O–H groups in total. The molecule has 6 saturated heterocycles. The summed E-state index contributed by atoms with van der Waals surface area (Å²) in [5.74, 6) is -0.904. The van der Waals surface area contributed by atoms with Gasteiger partial charge in [0.1, 0.15) is 60.9 Å². The Labute approximate surface area is 628 Å². The molecule has 586 valence electrons. The fourth-order valence-electron chi connectivity index (χ4n) is 16.2. The van der Waals surface area contributed by atoms with E-state index in [0.29, 0.717) is 18.8 Å². The molecule has 4 aromatic rings. The van der Waals surface area contributed by atoms with Crippen LogP contribution in [0.4, 0.5) is 0 Å². The summed E-state index contributed by atoms with van der Waals surface area (Å²) in [6.45, 7) is 31.3. The Hall–Kier alpha value is -5.84. The van der Waals surface area contributed by atoms with Crippen LogP contribution in [0, 0.1) is 41.4 Å². The van der Waals surface area contributed by atoms with Crippen LogP contribution in [0.2, 0.25) is 0 Å². The van der Waals surface area contributed by atoms with Gasteiger partial charge in [0.05, 0.1) is 88.3 Å². The molecule has 23 heteroatoms. The van der Waals surface area contributed by atoms with E-state index in [-0.39, 0.29) is 99.2 Å². The number of nitrogens with one attached hydrogen (secondary N) is 4. The highest BCUT2D eigenvalue weighted by Crippen LogP contribution is 2.43. The molecule has 6 fully saturated rings. The lowest BCUT2D eigenvalue weighted by molar-refractivity contribution is -0.365. The second-order valence-corrected chi connectivity index (χ2v) is 30.4. The third-order valence-corrected chi connectivity index (χ3v) is 23.0. The van der Waals surface area contributed by atoms with Crippen molar-refractivity contribution >= 4 is 23.6 Å². The molecule has 6 aliphatic heterocycles. The van der Waals surface area contributed by atoms with Crippen molar-refractivity contribution < 1.29 is 90.2 Å². The van der Waals surface area contributed by atoms with E-state index in [2.05, 4.69) is 76.7 Å². The largest absolute Gasteiger partial charge is 0.374 e. The number of hydrogen-bond acceptors (Lipinski definition) is 19. The summed E-state index contributed by atoms with van der Waals surface area (Å²) in [6.07, 6.45) is -14.0. The van der Waals surface area contributed by atoms with Crippen LogP contribution in [0.3, 0.4) is 0 Å². The summed E-state index contributed by atoms with van der Waals surface area (Å²) in [7, 11) is 0. The molecule has 0 spiro atoms. The van der Waals surface area contributed by atoms with Crippen molar-refractivity contribution in [2.24, 2.45) is 41.4 Å². The summed E-state index contributed by atoms with van der Waals surface area (Å²) in [4.78, 5) is 55.1. The summed E-state index contributed by atoms with van der Waals surface area (Å²) in [5, 5.41) is 12.7. The lowest BCUT2D eigenvalue weighted by Crippen LogP contribution is -2.71. The highest BCUT2D eigenvalue weighted by molar-refractivity contribution is 5.74. The number of ether oxygens (including phenoxy) is 15. The standard InChI is InChI=1S/C83H120N4O19/c1-17-63-49(7)47(5)51(9)80(99-63)104-73-65(19-3)101-82(70(86-57(15)90)77(73)94-42-61-36-28-22-29-37-61)103-72-52(10)68(84-55(13)88)81(100-64(72)18-2)105-74-66(44-92-40-59-32-24-20-25-33-59)102-83(71(87-58(16)91)78(74)95-43-62-38-30-23-31-39-62)106-75-67(45-96-79-50(8)46(4)48(6)53(11)98-79)97-54(12)69(85-56(14)89)76(75)93-41-60-34-26-21-27-35-60/h20-39,46-54,63-83H,17-19,40-45H2,1-16H3,(H,84,88)(H,85,89)(H,86,90)(H,87,91)/t46?,47-,48-,49-,50?,51?,52+,53-,54-,63?,64?,65?,66?,67?,68?,69?,70?,71?,72-,73+,74+,75+,76-,77?,78?,79+,80-,81-,82-,83-/m0/s1. The summed E-state index contributed by atoms with van der Waals surface area (Å²) >= 11 is 0. The predicted molar refractivity (Wildman–Crippen MR) is 395 cm³/mol. The Bertz CT molecular complexity index is 3330. The highest BCUT2D eigenvalue weighted by Gasteiger charge is 2.58. The molecule has 0 radical (unpaired) electrons. The van der Waals surface area contributed by atoms with Crippen molar-refractivity contribution in [1.29, 1.82) is 0 Å². The van der Waals surface area contributed by atoms with Crippen LogP contribution < -0.4 is 21.3 Å². The predicted octanol–water partition coefficient (Wildman–Crippen LogP) is 10.7. The monoisotopic (exact) mass is 1480 g/mol. The van der Waals surface area contributed by atoms with Gasteiger partial charge in [-0.05, 0) is 79.0 Å². The zero-order valence-corrected chi connectivity index (χ0v) is 65.0. The van der Waals surface area contributed by atoms with Gasteiger partial charge < -0.3 is 92.3 Å². The van der Waals surface area contributed by atoms with Crippen molar-refractivity contribution in [3.8, 4) is 0 Å². The van der Waals surface area contributed by atoms with Gasteiger partial charge in [0.25, 0.3) is 0 Å². The third-order valence-electron chi connectivity index (χ3n) is 23.0. The van der Waals surface area contributed by atoms with Gasteiger partial charge in [0, 0.05) is 45.4 Å². The number of benzene rings is 4. The maximum atomic E-state index is 14.2. The maximum absolute atomic E-state index is 14.2. The van der Waals surface area contributed by atoms with Crippen LogP contribution in [0.5, 0.6) is 0 Å². The molecule has 0 bridgehead atoms. The highest BCUT2D eigenvalue weighted by atomic mass is 16.8. The summed E-state index contributed by atoms with van der Waals surface area (Å²) < 4.78 is 106. The summed E-state index contributed by atoms with van der Waals surface area (Å²) in [6, 6.07) is 35.1. The van der Waals surface area contributed by atoms with E-state index >= 15 is 0 Å². The Morgan fingerprint density at radius 1 is 0.302 bits per heavy atom. The first-order valence-electron chi connectivity index (χ1n) is 38.8. The molecule has 10 rings (SSSR count). The first-order chi connectivity index (χ1) is 50.9. The molecule has 23 nitrogen and oxygen atoms in total. The van der Waals surface area contributed by atoms with E-state index in [0.717, 1.165) is 28.7 Å². The number of amides is 4. The average molecular weight is 1480 g/mol. The molecular weight excluding hydrogens is 1360 g/mol. The maximum Gasteiger partial charge on any atom is 0.217 e. The van der Waals surface area contributed by atoms with Gasteiger partial charge in [0.2, 0.25) is 23.6 Å². The summed E-state index contributed by atoms with van der Waals surface area (Å²) in [5.41, 5.74) is 3.50. The van der Waals surface area contributed by atoms with Crippen LogP contribution in [0.15, 0.2) is 121 Å². The molecule has 4 aromatic carbocycles. The minimum absolute atomic E-state index is 0.0142. The van der Waals surface area contributed by atoms with Gasteiger partial charge in [-0.25, -0.2) is 0 Å². The van der Waals surface area contributed by atoms with Gasteiger partial charge >= 0.3 is 0 Å². The second-order valence-electron chi connectivity index (χ2n) is 30.4. The Balaban J connectivity index is 1.02. The Kier molecular flexibility index (Phi) is 30.5. The van der Waals surface area contributed by atoms with Crippen LogP contribution in [0.25, 0.3) is 0 Å². The van der Waals surface area contributed by atoms with E-state index in [9.17, 15) is 19.2 Å². The zero-order valence-electron chi connectivity index (χ0n) is 65.0. The molecule has 30 atom stereocenters. The van der Waals surface area contributed by atoms with Crippen LogP contribution in [0.1, 0.15) is 152 Å². The topological polar surface area (TPSA) is 255 Å². The third kappa shape index (κ3) is 21.0. The van der Waals surface area contributed by atoms with Crippen molar-refractivity contribution in [3.63, 3.8) is 0 Å². The average Bonchev–Trinajstić information content (AvgIpc) is 0.761. The normalized spacial score (nSPS) is 37.7. The molecule has 6 heterocycles. The van der Waals surface area contributed by atoms with Gasteiger partial charge in [-0.15, -0.1) is 0 Å². The number of carbonyl (C=O) groups excluding carboxylic acids is 4. The zero-order chi connectivity index (χ0) is 75.9. The molecule has 6 aliphatic rings. The van der Waals surface area contributed by atoms with Crippen LogP contribution in [-0.4, -0.2) is 178 Å². The van der Waals surface area contributed by atoms with E-state index in [1.165, 1.54) is 27.7 Å². The fourth-order valence-corrected chi connectivity index (χ4v) is 16.2. The fraction of sp³-hybridized carbons (Fsp3) is 0.663. The lowest BCUT2D eigenvalue weighted by Gasteiger charge is -2.53. The van der Waals surface area contributed by atoms with Crippen molar-refractivity contribution in [3.05, 3.63) is 144 Å². The number of hydrogen-bond donors (Lipinski definition) is 4. The van der Waals surface area contributed by atoms with E-state index < -0.39 is 141 Å². The van der Waals surface area contributed by atoms with Gasteiger partial charge in [0.15, 0.2) is 31.5 Å². The van der Waals surface area contributed by atoms with Gasteiger partial charge in [-0.1, -0.05) is 191 Å². The molecule has 0 saturated carbocycles. The number of rotatable bonds is 31. The second kappa shape index (κ2) is 39.2. The quantitative estimate of drug-likeness (QED) is 0.0365. The van der Waals surface area contributed by atoms with E-state index in [1.54, 1.807) is 0 Å². The first-order valence-corrected chi connectivity index (χ1v) is 38.8. The molecule has 106 heavy (non-hydrogen) atoms. The molecule has 0 aliphatic carbocycles. The Morgan fingerprint density at radius 2 is 0.651 bits per heavy atom. The van der Waals surface area contributed by atoms with Crippen molar-refractivity contribution in [1.82, 2.24) is 21.3 Å². The Morgan fingerprint density at radius 3 is 1.11 bits per heavy atom. The molecule has 14 unspecified atom stereocenters. The molecular formula is C83H120N4O19. The van der Waals surface area contributed by atoms with Crippen molar-refractivity contribution in [2.45, 2.75) is 298 Å². The minimum Gasteiger partial charge on any atom is -0.374 e. The van der Waals surface area contributed by atoms with Crippen LogP contribution in [-0.2, 0) is 117 Å².